The molecule has 1 aromatic heterocycles. The number of nitrogens with zero attached hydrogens (tertiary/aromatic N) is 3. The predicted octanol–water partition coefficient (Wildman–Crippen LogP) is 3.13. The van der Waals surface area contributed by atoms with Crippen LogP contribution in [0.3, 0.4) is 0 Å². The smallest absolute Gasteiger partial charge is 0.147 e. The topological polar surface area (TPSA) is 41.1 Å². The van der Waals surface area contributed by atoms with Crippen LogP contribution >= 0.6 is 0 Å². The molecule has 4 heteroatoms. The molecular formula is C16H28N4. The third-order valence-electron chi connectivity index (χ3n) is 3.86. The van der Waals surface area contributed by atoms with E-state index in [1.807, 2.05) is 12.4 Å². The van der Waals surface area contributed by atoms with Crippen molar-refractivity contribution in [3.63, 3.8) is 0 Å². The van der Waals surface area contributed by atoms with E-state index < -0.39 is 0 Å². The Kier molecular flexibility index (Phi) is 4.97. The van der Waals surface area contributed by atoms with Crippen molar-refractivity contribution >= 4 is 5.82 Å². The lowest BCUT2D eigenvalue weighted by atomic mass is 10.0. The molecule has 1 aromatic rings. The van der Waals surface area contributed by atoms with Gasteiger partial charge in [-0.1, -0.05) is 6.92 Å². The summed E-state index contributed by atoms with van der Waals surface area (Å²) in [5.74, 6) is 1.05. The minimum atomic E-state index is 0.106. The van der Waals surface area contributed by atoms with Crippen LogP contribution in [0, 0.1) is 0 Å². The quantitative estimate of drug-likeness (QED) is 0.917. The maximum atomic E-state index is 4.80. The Morgan fingerprint density at radius 2 is 2.10 bits per heavy atom. The number of anilines is 1. The van der Waals surface area contributed by atoms with Crippen molar-refractivity contribution in [2.75, 3.05) is 11.4 Å². The molecule has 1 saturated heterocycles. The fourth-order valence-corrected chi connectivity index (χ4v) is 2.70. The molecule has 112 valence electrons. The van der Waals surface area contributed by atoms with Crippen molar-refractivity contribution in [2.45, 2.75) is 71.5 Å². The van der Waals surface area contributed by atoms with Crippen LogP contribution in [0.15, 0.2) is 12.4 Å². The highest BCUT2D eigenvalue weighted by Gasteiger charge is 2.22. The summed E-state index contributed by atoms with van der Waals surface area (Å²) in [5, 5.41) is 3.47. The van der Waals surface area contributed by atoms with Crippen LogP contribution in [0.4, 0.5) is 5.82 Å². The van der Waals surface area contributed by atoms with E-state index in [1.54, 1.807) is 0 Å². The molecule has 0 amide bonds. The molecule has 4 nitrogen and oxygen atoms in total. The molecule has 1 aliphatic rings. The highest BCUT2D eigenvalue weighted by atomic mass is 15.2. The van der Waals surface area contributed by atoms with Crippen LogP contribution in [0.2, 0.25) is 0 Å². The first kappa shape index (κ1) is 15.2. The molecule has 20 heavy (non-hydrogen) atoms. The second kappa shape index (κ2) is 6.53. The second-order valence-electron chi connectivity index (χ2n) is 6.72. The largest absolute Gasteiger partial charge is 0.352 e. The molecule has 0 saturated carbocycles. The molecule has 0 bridgehead atoms. The predicted molar refractivity (Wildman–Crippen MR) is 83.9 cm³/mol. The highest BCUT2D eigenvalue weighted by Crippen LogP contribution is 2.24. The maximum absolute atomic E-state index is 4.80. The Labute approximate surface area is 123 Å². The van der Waals surface area contributed by atoms with E-state index in [0.717, 1.165) is 24.6 Å². The van der Waals surface area contributed by atoms with Gasteiger partial charge in [0.05, 0.1) is 11.9 Å². The Balaban J connectivity index is 2.08. The average molecular weight is 276 g/mol. The lowest BCUT2D eigenvalue weighted by molar-refractivity contribution is 0.419. The Morgan fingerprint density at radius 1 is 1.30 bits per heavy atom. The van der Waals surface area contributed by atoms with Crippen molar-refractivity contribution in [3.8, 4) is 0 Å². The fraction of sp³-hybridized carbons (Fsp3) is 0.750. The molecule has 0 spiro atoms. The monoisotopic (exact) mass is 276 g/mol. The first-order valence-corrected chi connectivity index (χ1v) is 7.82. The zero-order valence-corrected chi connectivity index (χ0v) is 13.3. The Morgan fingerprint density at radius 3 is 2.80 bits per heavy atom. The molecule has 2 heterocycles. The summed E-state index contributed by atoms with van der Waals surface area (Å²) >= 11 is 0. The lowest BCUT2D eigenvalue weighted by Crippen LogP contribution is -2.40. The summed E-state index contributed by atoms with van der Waals surface area (Å²) in [6.45, 7) is 10.7. The van der Waals surface area contributed by atoms with Crippen LogP contribution < -0.4 is 10.2 Å². The summed E-state index contributed by atoms with van der Waals surface area (Å²) in [5.41, 5.74) is 1.13. The third-order valence-corrected chi connectivity index (χ3v) is 3.86. The van der Waals surface area contributed by atoms with Gasteiger partial charge in [0, 0.05) is 30.9 Å². The molecule has 1 fully saturated rings. The maximum Gasteiger partial charge on any atom is 0.147 e. The summed E-state index contributed by atoms with van der Waals surface area (Å²) in [6, 6.07) is 0.629. The van der Waals surface area contributed by atoms with Gasteiger partial charge in [-0.05, 0) is 46.5 Å². The van der Waals surface area contributed by atoms with Crippen molar-refractivity contribution in [1.29, 1.82) is 0 Å². The van der Waals surface area contributed by atoms with Crippen LogP contribution in [-0.4, -0.2) is 28.1 Å². The van der Waals surface area contributed by atoms with E-state index in [1.165, 1.54) is 25.7 Å². The van der Waals surface area contributed by atoms with Crippen molar-refractivity contribution in [1.82, 2.24) is 15.3 Å². The van der Waals surface area contributed by atoms with Gasteiger partial charge in [0.15, 0.2) is 0 Å². The number of rotatable bonds is 4. The summed E-state index contributed by atoms with van der Waals surface area (Å²) < 4.78 is 0. The van der Waals surface area contributed by atoms with Gasteiger partial charge in [-0.2, -0.15) is 0 Å². The van der Waals surface area contributed by atoms with Crippen molar-refractivity contribution < 1.29 is 0 Å². The molecule has 0 aliphatic carbocycles. The van der Waals surface area contributed by atoms with E-state index in [0.29, 0.717) is 6.04 Å². The number of aromatic nitrogens is 2. The molecule has 1 aliphatic heterocycles. The van der Waals surface area contributed by atoms with Gasteiger partial charge in [0.2, 0.25) is 0 Å². The van der Waals surface area contributed by atoms with E-state index in [-0.39, 0.29) is 5.54 Å². The van der Waals surface area contributed by atoms with Crippen LogP contribution in [0.1, 0.15) is 59.1 Å². The zero-order chi connectivity index (χ0) is 14.6. The molecule has 1 unspecified atom stereocenters. The number of hydrogen-bond acceptors (Lipinski definition) is 4. The molecule has 0 aromatic carbocycles. The highest BCUT2D eigenvalue weighted by molar-refractivity contribution is 5.38. The normalized spacial score (nSPS) is 20.2. The standard InChI is InChI=1S/C16H28N4/c1-5-14-8-6-7-9-20(14)15-12-17-10-13(19-15)11-18-16(2,3)4/h10,12,14,18H,5-9,11H2,1-4H3. The fourth-order valence-electron chi connectivity index (χ4n) is 2.70. The van der Waals surface area contributed by atoms with Gasteiger partial charge in [0.1, 0.15) is 5.82 Å². The minimum absolute atomic E-state index is 0.106. The van der Waals surface area contributed by atoms with E-state index in [2.05, 4.69) is 42.9 Å². The van der Waals surface area contributed by atoms with Crippen LogP contribution in [0.5, 0.6) is 0 Å². The van der Waals surface area contributed by atoms with Crippen molar-refractivity contribution in [2.24, 2.45) is 0 Å². The van der Waals surface area contributed by atoms with Gasteiger partial charge in [-0.3, -0.25) is 4.98 Å². The third kappa shape index (κ3) is 4.17. The SMILES string of the molecule is CCC1CCCCN1c1cncc(CNC(C)(C)C)n1. The Bertz CT molecular complexity index is 425. The van der Waals surface area contributed by atoms with Crippen LogP contribution in [-0.2, 0) is 6.54 Å². The number of nitrogens with one attached hydrogen (secondary N) is 1. The minimum Gasteiger partial charge on any atom is -0.352 e. The summed E-state index contributed by atoms with van der Waals surface area (Å²) in [4.78, 5) is 11.6. The lowest BCUT2D eigenvalue weighted by Gasteiger charge is -2.36. The number of piperidine rings is 1. The average Bonchev–Trinajstić information content (AvgIpc) is 2.45. The zero-order valence-electron chi connectivity index (χ0n) is 13.3. The van der Waals surface area contributed by atoms with E-state index in [4.69, 9.17) is 4.98 Å². The van der Waals surface area contributed by atoms with Gasteiger partial charge >= 0.3 is 0 Å². The van der Waals surface area contributed by atoms with E-state index >= 15 is 0 Å². The first-order chi connectivity index (χ1) is 9.49. The van der Waals surface area contributed by atoms with Gasteiger partial charge in [-0.25, -0.2) is 4.98 Å². The van der Waals surface area contributed by atoms with Crippen molar-refractivity contribution in [3.05, 3.63) is 18.1 Å². The first-order valence-electron chi connectivity index (χ1n) is 7.82. The molecule has 0 radical (unpaired) electrons. The molecule has 1 atom stereocenters. The molecule has 2 rings (SSSR count). The molecule has 1 N–H and O–H groups in total. The van der Waals surface area contributed by atoms with Gasteiger partial charge < -0.3 is 10.2 Å². The van der Waals surface area contributed by atoms with E-state index in [9.17, 15) is 0 Å². The molecular weight excluding hydrogens is 248 g/mol. The summed E-state index contributed by atoms with van der Waals surface area (Å²) in [7, 11) is 0. The Hall–Kier alpha value is -1.16. The second-order valence-corrected chi connectivity index (χ2v) is 6.72. The summed E-state index contributed by atoms with van der Waals surface area (Å²) in [6.07, 6.45) is 8.85. The van der Waals surface area contributed by atoms with Crippen LogP contribution in [0.25, 0.3) is 0 Å². The number of hydrogen-bond donors (Lipinski definition) is 1. The van der Waals surface area contributed by atoms with Gasteiger partial charge in [-0.15, -0.1) is 0 Å². The van der Waals surface area contributed by atoms with Gasteiger partial charge in [0.25, 0.3) is 0 Å².